The third kappa shape index (κ3) is 5.12. The number of carbonyl (C=O) groups excluding carboxylic acids is 1. The maximum Gasteiger partial charge on any atom is 0.257 e. The Balaban J connectivity index is 1.47. The Labute approximate surface area is 219 Å². The van der Waals surface area contributed by atoms with E-state index in [0.29, 0.717) is 28.4 Å². The number of fused-ring (bicyclic) bond motifs is 1. The number of likely N-dealkylation sites (N-methyl/N-ethyl adjacent to an activating group) is 1. The lowest BCUT2D eigenvalue weighted by atomic mass is 10.1. The molecule has 4 rings (SSSR count). The van der Waals surface area contributed by atoms with Gasteiger partial charge >= 0.3 is 0 Å². The Kier molecular flexibility index (Phi) is 7.70. The number of benzene rings is 2. The molecule has 0 unspecified atom stereocenters. The molecule has 0 spiro atoms. The smallest absolute Gasteiger partial charge is 0.257 e. The number of carbonyl (C=O) groups is 1. The number of methoxy groups -OCH3 is 1. The molecule has 1 fully saturated rings. The first-order valence-corrected chi connectivity index (χ1v) is 13.9. The summed E-state index contributed by atoms with van der Waals surface area (Å²) in [6, 6.07) is 12.0. The quantitative estimate of drug-likeness (QED) is 0.273. The molecule has 0 radical (unpaired) electrons. The molecule has 1 saturated heterocycles. The minimum atomic E-state index is -3.68. The van der Waals surface area contributed by atoms with Gasteiger partial charge in [0.2, 0.25) is 0 Å². The Morgan fingerprint density at radius 1 is 1.19 bits per heavy atom. The molecule has 36 heavy (non-hydrogen) atoms. The second-order valence-corrected chi connectivity index (χ2v) is 12.1. The highest BCUT2D eigenvalue weighted by molar-refractivity contribution is 7.91. The van der Waals surface area contributed by atoms with E-state index < -0.39 is 10.0 Å². The normalized spacial score (nSPS) is 14.6. The van der Waals surface area contributed by atoms with E-state index in [1.54, 1.807) is 65.4 Å². The third-order valence-corrected chi connectivity index (χ3v) is 9.75. The van der Waals surface area contributed by atoms with Gasteiger partial charge in [0.05, 0.1) is 12.7 Å². The zero-order valence-electron chi connectivity index (χ0n) is 20.0. The van der Waals surface area contributed by atoms with Crippen molar-refractivity contribution in [1.29, 1.82) is 5.41 Å². The number of halogens is 1. The van der Waals surface area contributed by atoms with Gasteiger partial charge in [-0.15, -0.1) is 17.9 Å². The summed E-state index contributed by atoms with van der Waals surface area (Å²) in [4.78, 5) is 16.6. The molecule has 1 amide bonds. The summed E-state index contributed by atoms with van der Waals surface area (Å²) in [5, 5.41) is 9.73. The zero-order valence-corrected chi connectivity index (χ0v) is 22.4. The number of amidine groups is 1. The predicted octanol–water partition coefficient (Wildman–Crippen LogP) is 4.15. The number of hydrogen-bond donors (Lipinski definition) is 1. The third-order valence-electron chi connectivity index (χ3n) is 6.07. The number of amides is 1. The van der Waals surface area contributed by atoms with Gasteiger partial charge in [-0.2, -0.15) is 4.31 Å². The van der Waals surface area contributed by atoms with Gasteiger partial charge in [0, 0.05) is 55.1 Å². The summed E-state index contributed by atoms with van der Waals surface area (Å²) in [6.45, 7) is 5.12. The molecule has 2 aromatic carbocycles. The van der Waals surface area contributed by atoms with Gasteiger partial charge in [0.15, 0.2) is 0 Å². The molecule has 0 aliphatic carbocycles. The van der Waals surface area contributed by atoms with E-state index in [0.717, 1.165) is 10.1 Å². The molecule has 8 nitrogen and oxygen atoms in total. The summed E-state index contributed by atoms with van der Waals surface area (Å²) in [5.74, 6) is 0.417. The van der Waals surface area contributed by atoms with Crippen LogP contribution in [0.5, 0.6) is 5.75 Å². The van der Waals surface area contributed by atoms with Crippen molar-refractivity contribution in [3.05, 3.63) is 71.3 Å². The number of piperazine rings is 1. The number of thiophene rings is 1. The monoisotopic (exact) mass is 546 g/mol. The van der Waals surface area contributed by atoms with Crippen LogP contribution < -0.4 is 4.74 Å². The van der Waals surface area contributed by atoms with Crippen molar-refractivity contribution in [2.45, 2.75) is 4.21 Å². The summed E-state index contributed by atoms with van der Waals surface area (Å²) in [7, 11) is -0.410. The lowest BCUT2D eigenvalue weighted by Gasteiger charge is -2.34. The van der Waals surface area contributed by atoms with Crippen molar-refractivity contribution in [1.82, 2.24) is 14.1 Å². The van der Waals surface area contributed by atoms with E-state index in [1.165, 1.54) is 22.8 Å². The number of rotatable bonds is 7. The van der Waals surface area contributed by atoms with Crippen molar-refractivity contribution in [3.63, 3.8) is 0 Å². The van der Waals surface area contributed by atoms with E-state index in [1.807, 2.05) is 0 Å². The van der Waals surface area contributed by atoms with Crippen molar-refractivity contribution >= 4 is 54.8 Å². The highest BCUT2D eigenvalue weighted by Crippen LogP contribution is 2.33. The topological polar surface area (TPSA) is 94.0 Å². The standard InChI is InChI=1S/C25H27ClN4O4S2/c1-4-9-28(2)24(27)18-6-8-20(21(14-18)34-3)25(31)29-10-12-30(13-11-29)36(32,33)23-15-17-5-7-19(26)16-22(17)35-23/h4-8,14-16,27H,1,9-13H2,2-3H3. The fourth-order valence-corrected chi connectivity index (χ4v) is 7.31. The Morgan fingerprint density at radius 3 is 2.58 bits per heavy atom. The molecule has 190 valence electrons. The number of hydrogen-bond acceptors (Lipinski definition) is 6. The van der Waals surface area contributed by atoms with Crippen LogP contribution in [0.3, 0.4) is 0 Å². The SMILES string of the molecule is C=CCN(C)C(=N)c1ccc(C(=O)N2CCN(S(=O)(=O)c3cc4ccc(Cl)cc4s3)CC2)c(OC)c1. The molecule has 0 saturated carbocycles. The van der Waals surface area contributed by atoms with Gasteiger partial charge in [0.1, 0.15) is 15.8 Å². The maximum absolute atomic E-state index is 13.3. The average Bonchev–Trinajstić information content (AvgIpc) is 3.32. The minimum Gasteiger partial charge on any atom is -0.496 e. The van der Waals surface area contributed by atoms with Crippen LogP contribution in [0.15, 0.2) is 59.3 Å². The Hall–Kier alpha value is -2.92. The minimum absolute atomic E-state index is 0.195. The second kappa shape index (κ2) is 10.6. The first kappa shape index (κ1) is 26.2. The first-order chi connectivity index (χ1) is 17.1. The maximum atomic E-state index is 13.3. The molecule has 1 aliphatic heterocycles. The van der Waals surface area contributed by atoms with Crippen molar-refractivity contribution in [2.75, 3.05) is 46.9 Å². The largest absolute Gasteiger partial charge is 0.496 e. The average molecular weight is 547 g/mol. The van der Waals surface area contributed by atoms with Crippen LogP contribution >= 0.6 is 22.9 Å². The van der Waals surface area contributed by atoms with Crippen LogP contribution in [0.4, 0.5) is 0 Å². The molecule has 1 aliphatic rings. The molecular weight excluding hydrogens is 520 g/mol. The molecule has 0 atom stereocenters. The van der Waals surface area contributed by atoms with E-state index in [9.17, 15) is 13.2 Å². The fourth-order valence-electron chi connectivity index (χ4n) is 4.06. The van der Waals surface area contributed by atoms with Gasteiger partial charge < -0.3 is 14.5 Å². The van der Waals surface area contributed by atoms with E-state index in [-0.39, 0.29) is 42.1 Å². The lowest BCUT2D eigenvalue weighted by molar-refractivity contribution is 0.0694. The molecule has 1 aromatic heterocycles. The highest BCUT2D eigenvalue weighted by atomic mass is 35.5. The summed E-state index contributed by atoms with van der Waals surface area (Å²) in [6.07, 6.45) is 1.71. The van der Waals surface area contributed by atoms with Gasteiger partial charge in [0.25, 0.3) is 15.9 Å². The molecule has 3 aromatic rings. The van der Waals surface area contributed by atoms with Crippen LogP contribution in [0, 0.1) is 5.41 Å². The fraction of sp³-hybridized carbons (Fsp3) is 0.280. The highest BCUT2D eigenvalue weighted by Gasteiger charge is 2.32. The molecular formula is C25H27ClN4O4S2. The number of nitrogens with one attached hydrogen (secondary N) is 1. The van der Waals surface area contributed by atoms with E-state index >= 15 is 0 Å². The molecule has 11 heteroatoms. The second-order valence-electron chi connectivity index (χ2n) is 8.38. The van der Waals surface area contributed by atoms with Gasteiger partial charge in [-0.3, -0.25) is 10.2 Å². The Bertz CT molecular complexity index is 1430. The van der Waals surface area contributed by atoms with Crippen molar-refractivity contribution in [3.8, 4) is 5.75 Å². The van der Waals surface area contributed by atoms with Crippen molar-refractivity contribution < 1.29 is 17.9 Å². The molecule has 0 bridgehead atoms. The summed E-state index contributed by atoms with van der Waals surface area (Å²) < 4.78 is 34.4. The summed E-state index contributed by atoms with van der Waals surface area (Å²) >= 11 is 7.24. The number of ether oxygens (including phenoxy) is 1. The van der Waals surface area contributed by atoms with Crippen LogP contribution in [0.25, 0.3) is 10.1 Å². The van der Waals surface area contributed by atoms with Gasteiger partial charge in [-0.05, 0) is 35.7 Å². The van der Waals surface area contributed by atoms with E-state index in [2.05, 4.69) is 6.58 Å². The predicted molar refractivity (Wildman–Crippen MR) is 144 cm³/mol. The van der Waals surface area contributed by atoms with Crippen LogP contribution in [0.1, 0.15) is 15.9 Å². The Morgan fingerprint density at radius 2 is 1.92 bits per heavy atom. The van der Waals surface area contributed by atoms with Gasteiger partial charge in [-0.25, -0.2) is 8.42 Å². The number of sulfonamides is 1. The zero-order chi connectivity index (χ0) is 26.0. The van der Waals surface area contributed by atoms with Crippen LogP contribution in [-0.2, 0) is 10.0 Å². The molecule has 1 N–H and O–H groups in total. The van der Waals surface area contributed by atoms with Crippen LogP contribution in [0.2, 0.25) is 5.02 Å². The lowest BCUT2D eigenvalue weighted by Crippen LogP contribution is -2.50. The van der Waals surface area contributed by atoms with Gasteiger partial charge in [-0.1, -0.05) is 29.8 Å². The number of nitrogens with zero attached hydrogens (tertiary/aromatic N) is 3. The van der Waals surface area contributed by atoms with E-state index in [4.69, 9.17) is 21.7 Å². The summed E-state index contributed by atoms with van der Waals surface area (Å²) in [5.41, 5.74) is 0.992. The van der Waals surface area contributed by atoms with Crippen molar-refractivity contribution in [2.24, 2.45) is 0 Å². The molecule has 2 heterocycles. The first-order valence-electron chi connectivity index (χ1n) is 11.2. The van der Waals surface area contributed by atoms with Crippen LogP contribution in [-0.4, -0.2) is 81.1 Å².